The Kier molecular flexibility index (Phi) is 10.2. The van der Waals surface area contributed by atoms with Crippen molar-refractivity contribution in [1.29, 1.82) is 0 Å². The first-order valence-corrected chi connectivity index (χ1v) is 15.2. The first-order valence-electron chi connectivity index (χ1n) is 15.2. The van der Waals surface area contributed by atoms with Gasteiger partial charge in [-0.25, -0.2) is 0 Å². The number of aryl methyl sites for hydroxylation is 2. The monoisotopic (exact) mass is 568 g/mol. The van der Waals surface area contributed by atoms with Crippen molar-refractivity contribution in [2.24, 2.45) is 5.41 Å². The lowest BCUT2D eigenvalue weighted by Gasteiger charge is -2.46. The van der Waals surface area contributed by atoms with Crippen LogP contribution in [0, 0.1) is 19.3 Å². The highest BCUT2D eigenvalue weighted by Gasteiger charge is 2.51. The highest BCUT2D eigenvalue weighted by Crippen LogP contribution is 2.44. The Morgan fingerprint density at radius 1 is 0.488 bits per heavy atom. The summed E-state index contributed by atoms with van der Waals surface area (Å²) in [6.45, 7) is 28.9. The molecule has 0 radical (unpaired) electrons. The summed E-state index contributed by atoms with van der Waals surface area (Å²) in [4.78, 5) is 0. The van der Waals surface area contributed by atoms with Crippen LogP contribution in [0.4, 0.5) is 0 Å². The van der Waals surface area contributed by atoms with Crippen LogP contribution in [0.2, 0.25) is 0 Å². The van der Waals surface area contributed by atoms with Gasteiger partial charge in [-0.1, -0.05) is 107 Å². The van der Waals surface area contributed by atoms with Crippen molar-refractivity contribution in [2.45, 2.75) is 137 Å². The van der Waals surface area contributed by atoms with Gasteiger partial charge in [0.25, 0.3) is 0 Å². The molecule has 2 aromatic carbocycles. The molecule has 41 heavy (non-hydrogen) atoms. The van der Waals surface area contributed by atoms with Crippen LogP contribution in [0.25, 0.3) is 0 Å². The Hall–Kier alpha value is -1.72. The molecule has 0 unspecified atom stereocenters. The summed E-state index contributed by atoms with van der Waals surface area (Å²) in [6.07, 6.45) is 0.392. The Labute approximate surface area is 251 Å². The molecule has 0 amide bonds. The highest BCUT2D eigenvalue weighted by atomic mass is 16.3. The lowest BCUT2D eigenvalue weighted by atomic mass is 9.63. The average molecular weight is 569 g/mol. The lowest BCUT2D eigenvalue weighted by molar-refractivity contribution is -0.153. The van der Waals surface area contributed by atoms with Crippen LogP contribution < -0.4 is 0 Å². The van der Waals surface area contributed by atoms with E-state index in [1.807, 2.05) is 0 Å². The minimum absolute atomic E-state index is 0.0435. The molecular weight excluding hydrogens is 508 g/mol. The SMILES string of the molecule is Cc1cc(C(C)(C)C)cc(C(C)(C)C)c1CC(O)(Cc1c(C)cc(C(C)(C)C)cc1C(C)(C)C)C(CO)(CO)CO. The zero-order chi connectivity index (χ0) is 32.0. The van der Waals surface area contributed by atoms with Gasteiger partial charge >= 0.3 is 0 Å². The number of hydrogen-bond acceptors (Lipinski definition) is 4. The predicted molar refractivity (Wildman–Crippen MR) is 173 cm³/mol. The number of hydrogen-bond donors (Lipinski definition) is 4. The molecule has 0 saturated heterocycles. The fraction of sp³-hybridized carbons (Fsp3) is 0.676. The van der Waals surface area contributed by atoms with Crippen LogP contribution in [0.15, 0.2) is 24.3 Å². The third kappa shape index (κ3) is 7.44. The molecule has 0 aliphatic carbocycles. The van der Waals surface area contributed by atoms with Crippen molar-refractivity contribution in [1.82, 2.24) is 0 Å². The largest absolute Gasteiger partial charge is 0.395 e. The molecule has 0 fully saturated rings. The van der Waals surface area contributed by atoms with Gasteiger partial charge in [0.2, 0.25) is 0 Å². The summed E-state index contributed by atoms with van der Waals surface area (Å²) in [7, 11) is 0. The van der Waals surface area contributed by atoms with Crippen molar-refractivity contribution in [3.05, 3.63) is 68.8 Å². The van der Waals surface area contributed by atoms with Crippen LogP contribution in [-0.4, -0.2) is 45.8 Å². The van der Waals surface area contributed by atoms with E-state index in [0.717, 1.165) is 33.4 Å². The van der Waals surface area contributed by atoms with E-state index in [1.165, 1.54) is 11.1 Å². The maximum Gasteiger partial charge on any atom is 0.0850 e. The van der Waals surface area contributed by atoms with E-state index in [9.17, 15) is 20.4 Å². The second-order valence-corrected chi connectivity index (χ2v) is 16.8. The smallest absolute Gasteiger partial charge is 0.0850 e. The van der Waals surface area contributed by atoms with Gasteiger partial charge in [0, 0.05) is 12.8 Å². The fourth-order valence-corrected chi connectivity index (χ4v) is 5.92. The summed E-state index contributed by atoms with van der Waals surface area (Å²) in [5, 5.41) is 44.9. The minimum atomic E-state index is -1.63. The molecule has 0 aromatic heterocycles. The number of aliphatic hydroxyl groups excluding tert-OH is 3. The summed E-state index contributed by atoms with van der Waals surface area (Å²) in [5.74, 6) is 0. The van der Waals surface area contributed by atoms with Gasteiger partial charge in [0.05, 0.1) is 30.8 Å². The van der Waals surface area contributed by atoms with E-state index in [-0.39, 0.29) is 34.5 Å². The first kappa shape index (κ1) is 35.5. The molecule has 232 valence electrons. The molecule has 2 rings (SSSR count). The molecule has 0 saturated carbocycles. The summed E-state index contributed by atoms with van der Waals surface area (Å²) < 4.78 is 0. The molecule has 0 bridgehead atoms. The van der Waals surface area contributed by atoms with E-state index < -0.39 is 30.8 Å². The first-order chi connectivity index (χ1) is 18.4. The maximum absolute atomic E-state index is 12.8. The predicted octanol–water partition coefficient (Wildman–Crippen LogP) is 6.97. The summed E-state index contributed by atoms with van der Waals surface area (Å²) in [5.41, 5.74) is 5.25. The lowest BCUT2D eigenvalue weighted by Crippen LogP contribution is -2.58. The van der Waals surface area contributed by atoms with Crippen LogP contribution in [0.3, 0.4) is 0 Å². The molecule has 4 heteroatoms. The van der Waals surface area contributed by atoms with Crippen molar-refractivity contribution in [3.63, 3.8) is 0 Å². The van der Waals surface area contributed by atoms with Crippen LogP contribution in [0.1, 0.15) is 128 Å². The van der Waals surface area contributed by atoms with E-state index in [4.69, 9.17) is 0 Å². The topological polar surface area (TPSA) is 80.9 Å². The van der Waals surface area contributed by atoms with Crippen LogP contribution in [0.5, 0.6) is 0 Å². The molecular formula is C37H60O4. The van der Waals surface area contributed by atoms with Crippen molar-refractivity contribution < 1.29 is 20.4 Å². The highest BCUT2D eigenvalue weighted by molar-refractivity contribution is 5.48. The van der Waals surface area contributed by atoms with Gasteiger partial charge < -0.3 is 20.4 Å². The standard InChI is InChI=1S/C37H60O4/c1-24-15-26(32(3,4)5)17-30(34(9,10)11)28(24)19-37(41,36(21-38,22-39)23-40)20-29-25(2)16-27(33(6,7)8)18-31(29)35(12,13)14/h15-18,38-41H,19-23H2,1-14H3. The molecule has 2 aromatic rings. The second-order valence-electron chi connectivity index (χ2n) is 16.8. The zero-order valence-electron chi connectivity index (χ0n) is 28.6. The van der Waals surface area contributed by atoms with E-state index in [1.54, 1.807) is 0 Å². The molecule has 0 heterocycles. The van der Waals surface area contributed by atoms with Crippen molar-refractivity contribution in [3.8, 4) is 0 Å². The number of rotatable bonds is 8. The van der Waals surface area contributed by atoms with Gasteiger partial charge in [-0.15, -0.1) is 0 Å². The molecule has 0 aliphatic heterocycles. The second kappa shape index (κ2) is 11.8. The Morgan fingerprint density at radius 3 is 1.00 bits per heavy atom. The summed E-state index contributed by atoms with van der Waals surface area (Å²) >= 11 is 0. The van der Waals surface area contributed by atoms with Gasteiger partial charge in [-0.3, -0.25) is 0 Å². The van der Waals surface area contributed by atoms with E-state index >= 15 is 0 Å². The normalized spacial score (nSPS) is 14.1. The molecule has 0 atom stereocenters. The zero-order valence-corrected chi connectivity index (χ0v) is 28.6. The number of aliphatic hydroxyl groups is 4. The number of benzene rings is 2. The molecule has 0 spiro atoms. The van der Waals surface area contributed by atoms with Crippen LogP contribution in [-0.2, 0) is 34.5 Å². The fourth-order valence-electron chi connectivity index (χ4n) is 5.92. The average Bonchev–Trinajstić information content (AvgIpc) is 2.80. The minimum Gasteiger partial charge on any atom is -0.395 e. The quantitative estimate of drug-likeness (QED) is 0.277. The summed E-state index contributed by atoms with van der Waals surface area (Å²) in [6, 6.07) is 8.91. The van der Waals surface area contributed by atoms with Gasteiger partial charge in [0.1, 0.15) is 0 Å². The van der Waals surface area contributed by atoms with Gasteiger partial charge in [0.15, 0.2) is 0 Å². The van der Waals surface area contributed by atoms with Gasteiger partial charge in [-0.05, 0) is 80.0 Å². The maximum atomic E-state index is 12.8. The Morgan fingerprint density at radius 2 is 0.780 bits per heavy atom. The van der Waals surface area contributed by atoms with E-state index in [2.05, 4.69) is 121 Å². The van der Waals surface area contributed by atoms with Crippen LogP contribution >= 0.6 is 0 Å². The van der Waals surface area contributed by atoms with Gasteiger partial charge in [-0.2, -0.15) is 0 Å². The Bertz CT molecular complexity index is 1110. The molecule has 0 aliphatic rings. The van der Waals surface area contributed by atoms with E-state index in [0.29, 0.717) is 0 Å². The Balaban J connectivity index is 2.95. The van der Waals surface area contributed by atoms with Crippen molar-refractivity contribution in [2.75, 3.05) is 19.8 Å². The van der Waals surface area contributed by atoms with Crippen molar-refractivity contribution >= 4 is 0 Å². The third-order valence-corrected chi connectivity index (χ3v) is 9.13. The molecule has 4 nitrogen and oxygen atoms in total. The third-order valence-electron chi connectivity index (χ3n) is 9.13. The molecule has 4 N–H and O–H groups in total.